The molecule has 1 fully saturated rings. The largest absolute Gasteiger partial charge is 0.379 e. The van der Waals surface area contributed by atoms with Gasteiger partial charge in [-0.2, -0.15) is 0 Å². The van der Waals surface area contributed by atoms with Crippen molar-refractivity contribution in [3.63, 3.8) is 0 Å². The molecule has 7 nitrogen and oxygen atoms in total. The molecule has 0 saturated carbocycles. The molecular weight excluding hydrogens is 284 g/mol. The first-order chi connectivity index (χ1) is 10.6. The average molecular weight is 306 g/mol. The molecule has 0 unspecified atom stereocenters. The zero-order chi connectivity index (χ0) is 15.8. The monoisotopic (exact) mass is 306 g/mol. The van der Waals surface area contributed by atoms with E-state index in [9.17, 15) is 9.59 Å². The third-order valence-electron chi connectivity index (χ3n) is 3.40. The summed E-state index contributed by atoms with van der Waals surface area (Å²) in [5.74, 6) is -0.941. The van der Waals surface area contributed by atoms with Gasteiger partial charge >= 0.3 is 11.8 Å². The van der Waals surface area contributed by atoms with E-state index in [1.807, 2.05) is 13.0 Å². The summed E-state index contributed by atoms with van der Waals surface area (Å²) in [7, 11) is 0. The maximum Gasteiger partial charge on any atom is 0.314 e. The van der Waals surface area contributed by atoms with Gasteiger partial charge in [-0.05, 0) is 37.6 Å². The van der Waals surface area contributed by atoms with E-state index in [1.165, 1.54) is 0 Å². The van der Waals surface area contributed by atoms with Crippen LogP contribution < -0.4 is 10.6 Å². The molecule has 0 bridgehead atoms. The first-order valence-corrected chi connectivity index (χ1v) is 7.47. The molecule has 1 aromatic heterocycles. The standard InChI is InChI=1S/C15H22N4O3/c1-12-3-5-16-13(11-12)18-15(21)14(20)17-4-2-6-19-7-9-22-10-8-19/h3,5,11H,2,4,6-10H2,1H3,(H,17,20)(H,16,18,21). The van der Waals surface area contributed by atoms with Gasteiger partial charge in [0.05, 0.1) is 13.2 Å². The molecule has 120 valence electrons. The minimum Gasteiger partial charge on any atom is -0.379 e. The van der Waals surface area contributed by atoms with Crippen LogP contribution in [0.25, 0.3) is 0 Å². The summed E-state index contributed by atoms with van der Waals surface area (Å²) < 4.78 is 5.27. The Morgan fingerprint density at radius 1 is 1.32 bits per heavy atom. The van der Waals surface area contributed by atoms with Gasteiger partial charge in [-0.3, -0.25) is 14.5 Å². The third-order valence-corrected chi connectivity index (χ3v) is 3.40. The van der Waals surface area contributed by atoms with Crippen molar-refractivity contribution >= 4 is 17.6 Å². The number of aromatic nitrogens is 1. The van der Waals surface area contributed by atoms with Crippen molar-refractivity contribution in [1.82, 2.24) is 15.2 Å². The van der Waals surface area contributed by atoms with E-state index < -0.39 is 11.8 Å². The lowest BCUT2D eigenvalue weighted by Crippen LogP contribution is -2.39. The normalized spacial score (nSPS) is 15.3. The van der Waals surface area contributed by atoms with E-state index in [-0.39, 0.29) is 0 Å². The first-order valence-electron chi connectivity index (χ1n) is 7.47. The molecule has 2 rings (SSSR count). The Balaban J connectivity index is 1.64. The van der Waals surface area contributed by atoms with E-state index in [0.29, 0.717) is 12.4 Å². The van der Waals surface area contributed by atoms with Gasteiger partial charge in [0, 0.05) is 25.8 Å². The van der Waals surface area contributed by atoms with Gasteiger partial charge in [0.25, 0.3) is 0 Å². The van der Waals surface area contributed by atoms with Crippen molar-refractivity contribution in [1.29, 1.82) is 0 Å². The lowest BCUT2D eigenvalue weighted by molar-refractivity contribution is -0.136. The Labute approximate surface area is 130 Å². The predicted molar refractivity (Wildman–Crippen MR) is 82.5 cm³/mol. The highest BCUT2D eigenvalue weighted by Gasteiger charge is 2.14. The van der Waals surface area contributed by atoms with E-state index in [2.05, 4.69) is 20.5 Å². The molecule has 0 aliphatic carbocycles. The van der Waals surface area contributed by atoms with Crippen LogP contribution >= 0.6 is 0 Å². The Hall–Kier alpha value is -1.99. The lowest BCUT2D eigenvalue weighted by Gasteiger charge is -2.26. The maximum absolute atomic E-state index is 11.7. The molecular formula is C15H22N4O3. The molecule has 1 aliphatic heterocycles. The number of pyridine rings is 1. The molecule has 1 saturated heterocycles. The fourth-order valence-electron chi connectivity index (χ4n) is 2.19. The number of nitrogens with one attached hydrogen (secondary N) is 2. The van der Waals surface area contributed by atoms with Crippen LogP contribution in [0.2, 0.25) is 0 Å². The Morgan fingerprint density at radius 2 is 2.09 bits per heavy atom. The SMILES string of the molecule is Cc1ccnc(NC(=O)C(=O)NCCCN2CCOCC2)c1. The van der Waals surface area contributed by atoms with E-state index in [4.69, 9.17) is 4.74 Å². The van der Waals surface area contributed by atoms with Gasteiger partial charge in [-0.25, -0.2) is 4.98 Å². The molecule has 0 aromatic carbocycles. The van der Waals surface area contributed by atoms with Crippen LogP contribution in [-0.2, 0) is 14.3 Å². The van der Waals surface area contributed by atoms with Gasteiger partial charge in [0.2, 0.25) is 0 Å². The molecule has 0 radical (unpaired) electrons. The minimum absolute atomic E-state index is 0.383. The van der Waals surface area contributed by atoms with Crippen molar-refractivity contribution < 1.29 is 14.3 Å². The second-order valence-electron chi connectivity index (χ2n) is 5.24. The van der Waals surface area contributed by atoms with Crippen LogP contribution in [0.4, 0.5) is 5.82 Å². The number of anilines is 1. The number of morpholine rings is 1. The van der Waals surface area contributed by atoms with Crippen LogP contribution in [0.5, 0.6) is 0 Å². The van der Waals surface area contributed by atoms with Crippen LogP contribution in [0, 0.1) is 6.92 Å². The predicted octanol–water partition coefficient (Wildman–Crippen LogP) is 0.167. The number of hydrogen-bond acceptors (Lipinski definition) is 5. The van der Waals surface area contributed by atoms with Crippen molar-refractivity contribution in [2.75, 3.05) is 44.7 Å². The number of carbonyl (C=O) groups is 2. The minimum atomic E-state index is -0.690. The van der Waals surface area contributed by atoms with Crippen LogP contribution in [-0.4, -0.2) is 61.1 Å². The number of carbonyl (C=O) groups excluding carboxylic acids is 2. The van der Waals surface area contributed by atoms with E-state index in [0.717, 1.165) is 44.8 Å². The van der Waals surface area contributed by atoms with Crippen LogP contribution in [0.1, 0.15) is 12.0 Å². The number of aryl methyl sites for hydroxylation is 1. The number of nitrogens with zero attached hydrogens (tertiary/aromatic N) is 2. The number of amides is 2. The van der Waals surface area contributed by atoms with E-state index in [1.54, 1.807) is 12.3 Å². The van der Waals surface area contributed by atoms with Gasteiger partial charge in [-0.15, -0.1) is 0 Å². The molecule has 1 aliphatic rings. The topological polar surface area (TPSA) is 83.6 Å². The van der Waals surface area contributed by atoms with Crippen molar-refractivity contribution in [3.8, 4) is 0 Å². The van der Waals surface area contributed by atoms with Crippen molar-refractivity contribution in [3.05, 3.63) is 23.9 Å². The molecule has 1 aromatic rings. The fourth-order valence-corrected chi connectivity index (χ4v) is 2.19. The highest BCUT2D eigenvalue weighted by Crippen LogP contribution is 2.04. The van der Waals surface area contributed by atoms with Gasteiger partial charge < -0.3 is 15.4 Å². The highest BCUT2D eigenvalue weighted by molar-refractivity contribution is 6.39. The number of ether oxygens (including phenoxy) is 1. The summed E-state index contributed by atoms with van der Waals surface area (Å²) in [6.45, 7) is 6.63. The third kappa shape index (κ3) is 5.42. The van der Waals surface area contributed by atoms with Crippen molar-refractivity contribution in [2.24, 2.45) is 0 Å². The molecule has 0 spiro atoms. The summed E-state index contributed by atoms with van der Waals surface area (Å²) in [5, 5.41) is 5.10. The second kappa shape index (κ2) is 8.45. The number of rotatable bonds is 5. The molecule has 2 N–H and O–H groups in total. The first kappa shape index (κ1) is 16.4. The maximum atomic E-state index is 11.7. The fraction of sp³-hybridized carbons (Fsp3) is 0.533. The zero-order valence-corrected chi connectivity index (χ0v) is 12.8. The molecule has 0 atom stereocenters. The Morgan fingerprint density at radius 3 is 2.82 bits per heavy atom. The second-order valence-corrected chi connectivity index (χ2v) is 5.24. The smallest absolute Gasteiger partial charge is 0.314 e. The van der Waals surface area contributed by atoms with Crippen LogP contribution in [0.15, 0.2) is 18.3 Å². The molecule has 2 heterocycles. The van der Waals surface area contributed by atoms with Gasteiger partial charge in [0.15, 0.2) is 0 Å². The highest BCUT2D eigenvalue weighted by atomic mass is 16.5. The van der Waals surface area contributed by atoms with Crippen molar-refractivity contribution in [2.45, 2.75) is 13.3 Å². The Bertz CT molecular complexity index is 515. The summed E-state index contributed by atoms with van der Waals surface area (Å²) in [6, 6.07) is 3.53. The quantitative estimate of drug-likeness (QED) is 0.598. The average Bonchev–Trinajstić information content (AvgIpc) is 2.52. The van der Waals surface area contributed by atoms with Crippen LogP contribution in [0.3, 0.4) is 0 Å². The molecule has 2 amide bonds. The van der Waals surface area contributed by atoms with E-state index >= 15 is 0 Å². The Kier molecular flexibility index (Phi) is 6.29. The molecule has 7 heteroatoms. The summed E-state index contributed by atoms with van der Waals surface area (Å²) >= 11 is 0. The van der Waals surface area contributed by atoms with Gasteiger partial charge in [0.1, 0.15) is 5.82 Å². The molecule has 22 heavy (non-hydrogen) atoms. The summed E-state index contributed by atoms with van der Waals surface area (Å²) in [4.78, 5) is 29.7. The summed E-state index contributed by atoms with van der Waals surface area (Å²) in [6.07, 6.45) is 2.40. The lowest BCUT2D eigenvalue weighted by atomic mass is 10.3. The number of hydrogen-bond donors (Lipinski definition) is 2. The van der Waals surface area contributed by atoms with Gasteiger partial charge in [-0.1, -0.05) is 0 Å². The summed E-state index contributed by atoms with van der Waals surface area (Å²) in [5.41, 5.74) is 0.969. The zero-order valence-electron chi connectivity index (χ0n) is 12.8.